The van der Waals surface area contributed by atoms with Gasteiger partial charge in [0.1, 0.15) is 0 Å². The van der Waals surface area contributed by atoms with Gasteiger partial charge < -0.3 is 14.4 Å². The van der Waals surface area contributed by atoms with Crippen molar-refractivity contribution in [2.45, 2.75) is 64.3 Å². The van der Waals surface area contributed by atoms with E-state index in [1.54, 1.807) is 0 Å². The number of H-pyrrole nitrogens is 1. The molecule has 2 aromatic rings. The zero-order valence-electron chi connectivity index (χ0n) is 14.7. The minimum atomic E-state index is -0.115. The van der Waals surface area contributed by atoms with Crippen LogP contribution in [0, 0.1) is 0 Å². The molecule has 0 aliphatic carbocycles. The van der Waals surface area contributed by atoms with E-state index in [-0.39, 0.29) is 17.4 Å². The highest BCUT2D eigenvalue weighted by Gasteiger charge is 2.30. The van der Waals surface area contributed by atoms with Gasteiger partial charge in [0.25, 0.3) is 0 Å². The molecule has 6 nitrogen and oxygen atoms in total. The molecule has 24 heavy (non-hydrogen) atoms. The van der Waals surface area contributed by atoms with Crippen LogP contribution >= 0.6 is 0 Å². The Morgan fingerprint density at radius 1 is 1.46 bits per heavy atom. The molecule has 3 rings (SSSR count). The molecule has 1 amide bonds. The predicted molar refractivity (Wildman–Crippen MR) is 90.4 cm³/mol. The number of amides is 1. The van der Waals surface area contributed by atoms with Crippen molar-refractivity contribution in [1.29, 1.82) is 0 Å². The van der Waals surface area contributed by atoms with Crippen molar-refractivity contribution < 1.29 is 9.32 Å². The monoisotopic (exact) mass is 330 g/mol. The van der Waals surface area contributed by atoms with Gasteiger partial charge >= 0.3 is 0 Å². The van der Waals surface area contributed by atoms with Gasteiger partial charge in [-0.25, -0.2) is 0 Å². The first kappa shape index (κ1) is 16.7. The Hall–Kier alpha value is -2.11. The lowest BCUT2D eigenvalue weighted by molar-refractivity contribution is -0.132. The van der Waals surface area contributed by atoms with Crippen LogP contribution in [0.25, 0.3) is 0 Å². The second-order valence-electron chi connectivity index (χ2n) is 7.49. The quantitative estimate of drug-likeness (QED) is 0.912. The van der Waals surface area contributed by atoms with E-state index in [2.05, 4.69) is 42.0 Å². The summed E-state index contributed by atoms with van der Waals surface area (Å²) in [4.78, 5) is 22.2. The molecular formula is C18H26N4O2. The molecule has 2 aromatic heterocycles. The molecule has 1 atom stereocenters. The number of carbonyl (C=O) groups excluding carboxylic acids is 1. The molecule has 1 aliphatic rings. The summed E-state index contributed by atoms with van der Waals surface area (Å²) in [7, 11) is 0. The molecule has 0 spiro atoms. The molecule has 1 saturated heterocycles. The van der Waals surface area contributed by atoms with Gasteiger partial charge in [0.2, 0.25) is 11.8 Å². The van der Waals surface area contributed by atoms with E-state index < -0.39 is 0 Å². The summed E-state index contributed by atoms with van der Waals surface area (Å²) in [6.45, 7) is 7.01. The fourth-order valence-corrected chi connectivity index (χ4v) is 3.14. The average molecular weight is 330 g/mol. The molecule has 1 fully saturated rings. The smallest absolute Gasteiger partial charge is 0.226 e. The third kappa shape index (κ3) is 3.68. The van der Waals surface area contributed by atoms with Crippen molar-refractivity contribution in [3.63, 3.8) is 0 Å². The highest BCUT2D eigenvalue weighted by Crippen LogP contribution is 2.31. The fourth-order valence-electron chi connectivity index (χ4n) is 3.14. The van der Waals surface area contributed by atoms with Gasteiger partial charge in [0.15, 0.2) is 5.82 Å². The summed E-state index contributed by atoms with van der Waals surface area (Å²) in [5.41, 5.74) is 1.02. The number of nitrogens with one attached hydrogen (secondary N) is 1. The average Bonchev–Trinajstić information content (AvgIpc) is 3.26. The SMILES string of the molecule is CC(C)(C)c1noc(CCCC(=O)N2CCC[C@@H]2c2ccc[nH]2)n1. The summed E-state index contributed by atoms with van der Waals surface area (Å²) in [5.74, 6) is 1.55. The Balaban J connectivity index is 1.51. The third-order valence-corrected chi connectivity index (χ3v) is 4.47. The molecule has 1 aliphatic heterocycles. The molecule has 1 N–H and O–H groups in total. The maximum atomic E-state index is 12.6. The van der Waals surface area contributed by atoms with E-state index in [1.807, 2.05) is 17.2 Å². The molecule has 0 bridgehead atoms. The largest absolute Gasteiger partial charge is 0.363 e. The fraction of sp³-hybridized carbons (Fsp3) is 0.611. The molecule has 3 heterocycles. The number of nitrogens with zero attached hydrogens (tertiary/aromatic N) is 3. The third-order valence-electron chi connectivity index (χ3n) is 4.47. The summed E-state index contributed by atoms with van der Waals surface area (Å²) >= 11 is 0. The van der Waals surface area contributed by atoms with Crippen molar-refractivity contribution in [3.8, 4) is 0 Å². The maximum Gasteiger partial charge on any atom is 0.226 e. The van der Waals surface area contributed by atoms with Crippen molar-refractivity contribution in [2.75, 3.05) is 6.54 Å². The summed E-state index contributed by atoms with van der Waals surface area (Å²) in [6.07, 6.45) is 5.91. The van der Waals surface area contributed by atoms with Crippen LogP contribution in [0.5, 0.6) is 0 Å². The Bertz CT molecular complexity index is 670. The normalized spacial score (nSPS) is 18.3. The van der Waals surface area contributed by atoms with Crippen LogP contribution in [0.1, 0.15) is 69.9 Å². The first-order chi connectivity index (χ1) is 11.4. The summed E-state index contributed by atoms with van der Waals surface area (Å²) in [5, 5.41) is 4.02. The highest BCUT2D eigenvalue weighted by atomic mass is 16.5. The molecule has 6 heteroatoms. The number of likely N-dealkylation sites (tertiary alicyclic amines) is 1. The molecule has 0 radical (unpaired) electrons. The highest BCUT2D eigenvalue weighted by molar-refractivity contribution is 5.77. The Labute approximate surface area is 142 Å². The molecule has 130 valence electrons. The van der Waals surface area contributed by atoms with Crippen molar-refractivity contribution in [2.24, 2.45) is 0 Å². The van der Waals surface area contributed by atoms with Gasteiger partial charge in [0.05, 0.1) is 6.04 Å². The second kappa shape index (κ2) is 6.79. The number of carbonyl (C=O) groups is 1. The van der Waals surface area contributed by atoms with Crippen molar-refractivity contribution >= 4 is 5.91 Å². The van der Waals surface area contributed by atoms with Crippen molar-refractivity contribution in [3.05, 3.63) is 35.7 Å². The maximum absolute atomic E-state index is 12.6. The van der Waals surface area contributed by atoms with Crippen LogP contribution in [0.15, 0.2) is 22.9 Å². The van der Waals surface area contributed by atoms with Gasteiger partial charge in [-0.3, -0.25) is 4.79 Å². The number of aromatic amines is 1. The lowest BCUT2D eigenvalue weighted by atomic mass is 9.96. The van der Waals surface area contributed by atoms with Gasteiger partial charge in [-0.05, 0) is 31.4 Å². The number of aryl methyl sites for hydroxylation is 1. The lowest BCUT2D eigenvalue weighted by Crippen LogP contribution is -2.30. The first-order valence-electron chi connectivity index (χ1n) is 8.71. The first-order valence-corrected chi connectivity index (χ1v) is 8.71. The van der Waals surface area contributed by atoms with E-state index in [0.717, 1.165) is 37.3 Å². The van der Waals surface area contributed by atoms with Gasteiger partial charge in [0, 0.05) is 36.7 Å². The summed E-state index contributed by atoms with van der Waals surface area (Å²) in [6, 6.07) is 4.24. The number of aromatic nitrogens is 3. The van der Waals surface area contributed by atoms with Crippen LogP contribution in [0.3, 0.4) is 0 Å². The standard InChI is InChI=1S/C18H26N4O2/c1-18(2,3)17-20-15(24-21-17)9-4-10-16(23)22-12-6-8-14(22)13-7-5-11-19-13/h5,7,11,14,19H,4,6,8-10,12H2,1-3H3/t14-/m1/s1. The van der Waals surface area contributed by atoms with E-state index >= 15 is 0 Å². The number of hydrogen-bond donors (Lipinski definition) is 1. The summed E-state index contributed by atoms with van der Waals surface area (Å²) < 4.78 is 5.29. The molecule has 0 unspecified atom stereocenters. The van der Waals surface area contributed by atoms with E-state index in [4.69, 9.17) is 4.52 Å². The molecular weight excluding hydrogens is 304 g/mol. The van der Waals surface area contributed by atoms with Gasteiger partial charge in [-0.2, -0.15) is 4.98 Å². The number of hydrogen-bond acceptors (Lipinski definition) is 4. The zero-order valence-corrected chi connectivity index (χ0v) is 14.7. The topological polar surface area (TPSA) is 75.0 Å². The van der Waals surface area contributed by atoms with Crippen LogP contribution in [-0.4, -0.2) is 32.5 Å². The molecule has 0 aromatic carbocycles. The minimum absolute atomic E-state index is 0.115. The minimum Gasteiger partial charge on any atom is -0.363 e. The van der Waals surface area contributed by atoms with Crippen LogP contribution in [0.2, 0.25) is 0 Å². The van der Waals surface area contributed by atoms with Crippen molar-refractivity contribution in [1.82, 2.24) is 20.0 Å². The predicted octanol–water partition coefficient (Wildman–Crippen LogP) is 3.38. The molecule has 0 saturated carbocycles. The van der Waals surface area contributed by atoms with Gasteiger partial charge in [-0.1, -0.05) is 25.9 Å². The van der Waals surface area contributed by atoms with E-state index in [1.165, 1.54) is 0 Å². The van der Waals surface area contributed by atoms with Crippen LogP contribution < -0.4 is 0 Å². The van der Waals surface area contributed by atoms with E-state index in [0.29, 0.717) is 18.7 Å². The Morgan fingerprint density at radius 2 is 2.29 bits per heavy atom. The van der Waals surface area contributed by atoms with Crippen LogP contribution in [0.4, 0.5) is 0 Å². The number of rotatable bonds is 5. The Morgan fingerprint density at radius 3 is 2.96 bits per heavy atom. The van der Waals surface area contributed by atoms with E-state index in [9.17, 15) is 4.79 Å². The van der Waals surface area contributed by atoms with Crippen LogP contribution in [-0.2, 0) is 16.6 Å². The van der Waals surface area contributed by atoms with Gasteiger partial charge in [-0.15, -0.1) is 0 Å². The lowest BCUT2D eigenvalue weighted by Gasteiger charge is -2.24. The second-order valence-corrected chi connectivity index (χ2v) is 7.49. The zero-order chi connectivity index (χ0) is 17.2. The Kier molecular flexibility index (Phi) is 4.73.